The van der Waals surface area contributed by atoms with Gasteiger partial charge in [0, 0.05) is 23.9 Å². The first-order chi connectivity index (χ1) is 12.7. The number of hydrogen-bond acceptors (Lipinski definition) is 6. The Morgan fingerprint density at radius 3 is 2.81 bits per heavy atom. The third kappa shape index (κ3) is 2.94. The van der Waals surface area contributed by atoms with Crippen LogP contribution in [0, 0.1) is 0 Å². The molecule has 1 saturated carbocycles. The topological polar surface area (TPSA) is 76.8 Å². The van der Waals surface area contributed by atoms with Crippen molar-refractivity contribution in [1.29, 1.82) is 0 Å². The number of aromatic nitrogens is 2. The maximum atomic E-state index is 10.2. The molecule has 1 aliphatic carbocycles. The number of fused-ring (bicyclic) bond motifs is 3. The Morgan fingerprint density at radius 1 is 1.19 bits per heavy atom. The van der Waals surface area contributed by atoms with E-state index in [2.05, 4.69) is 16.0 Å². The molecule has 26 heavy (non-hydrogen) atoms. The molecule has 1 fully saturated rings. The van der Waals surface area contributed by atoms with E-state index >= 15 is 0 Å². The quantitative estimate of drug-likeness (QED) is 0.914. The summed E-state index contributed by atoms with van der Waals surface area (Å²) in [6.45, 7) is 2.52. The molecule has 2 aromatic rings. The summed E-state index contributed by atoms with van der Waals surface area (Å²) in [4.78, 5) is 13.7. The molecule has 136 valence electrons. The van der Waals surface area contributed by atoms with Crippen LogP contribution in [0.5, 0.6) is 11.5 Å². The van der Waals surface area contributed by atoms with E-state index in [0.717, 1.165) is 41.1 Å². The Hall–Kier alpha value is -2.47. The van der Waals surface area contributed by atoms with E-state index in [0.29, 0.717) is 18.8 Å². The average molecular weight is 353 g/mol. The van der Waals surface area contributed by atoms with Crippen LogP contribution in [0.3, 0.4) is 0 Å². The molecule has 0 spiro atoms. The molecule has 3 atom stereocenters. The van der Waals surface area contributed by atoms with E-state index in [1.165, 1.54) is 0 Å². The Morgan fingerprint density at radius 2 is 2.08 bits per heavy atom. The van der Waals surface area contributed by atoms with E-state index in [1.54, 1.807) is 25.7 Å². The standard InChI is InChI=1S/C20H23N3O3/c1-3-26-19-9-13-14-8-12(24)4-5-16(14)23-20(15(13)10-18(19)25-2)17-11-21-6-7-22-17/h6-7,9-12,14,16,24H,3-5,8H2,1-2H3/t12-,14-,16-/m1/s1. The zero-order valence-corrected chi connectivity index (χ0v) is 15.1. The predicted octanol–water partition coefficient (Wildman–Crippen LogP) is 2.73. The highest BCUT2D eigenvalue weighted by Gasteiger charge is 2.37. The van der Waals surface area contributed by atoms with Crippen molar-refractivity contribution in [2.24, 2.45) is 4.99 Å². The van der Waals surface area contributed by atoms with E-state index in [1.807, 2.05) is 13.0 Å². The lowest BCUT2D eigenvalue weighted by atomic mass is 9.74. The smallest absolute Gasteiger partial charge is 0.161 e. The van der Waals surface area contributed by atoms with Gasteiger partial charge in [0.1, 0.15) is 5.69 Å². The van der Waals surface area contributed by atoms with Gasteiger partial charge in [-0.25, -0.2) is 0 Å². The van der Waals surface area contributed by atoms with Crippen molar-refractivity contribution in [3.63, 3.8) is 0 Å². The fraction of sp³-hybridized carbons (Fsp3) is 0.450. The van der Waals surface area contributed by atoms with Gasteiger partial charge in [0.2, 0.25) is 0 Å². The number of rotatable bonds is 4. The normalized spacial score (nSPS) is 24.3. The number of benzene rings is 1. The van der Waals surface area contributed by atoms with E-state index in [-0.39, 0.29) is 18.1 Å². The highest BCUT2D eigenvalue weighted by molar-refractivity contribution is 6.13. The van der Waals surface area contributed by atoms with Crippen molar-refractivity contribution in [2.45, 2.75) is 44.2 Å². The van der Waals surface area contributed by atoms with Crippen LogP contribution < -0.4 is 9.47 Å². The van der Waals surface area contributed by atoms with Gasteiger partial charge in [-0.1, -0.05) is 0 Å². The van der Waals surface area contributed by atoms with Crippen LogP contribution in [0.2, 0.25) is 0 Å². The van der Waals surface area contributed by atoms with Crippen LogP contribution in [0.1, 0.15) is 48.9 Å². The molecule has 0 bridgehead atoms. The third-order valence-electron chi connectivity index (χ3n) is 5.18. The monoisotopic (exact) mass is 353 g/mol. The maximum Gasteiger partial charge on any atom is 0.161 e. The minimum absolute atomic E-state index is 0.144. The molecule has 4 rings (SSSR count). The average Bonchev–Trinajstić information content (AvgIpc) is 2.68. The van der Waals surface area contributed by atoms with E-state index in [4.69, 9.17) is 14.5 Å². The summed E-state index contributed by atoms with van der Waals surface area (Å²) < 4.78 is 11.3. The summed E-state index contributed by atoms with van der Waals surface area (Å²) in [6, 6.07) is 4.18. The Balaban J connectivity index is 1.89. The second-order valence-corrected chi connectivity index (χ2v) is 6.73. The fourth-order valence-electron chi connectivity index (χ4n) is 4.00. The van der Waals surface area contributed by atoms with Crippen LogP contribution >= 0.6 is 0 Å². The third-order valence-corrected chi connectivity index (χ3v) is 5.18. The van der Waals surface area contributed by atoms with Gasteiger partial charge in [0.15, 0.2) is 11.5 Å². The zero-order valence-electron chi connectivity index (χ0n) is 15.1. The van der Waals surface area contributed by atoms with Gasteiger partial charge in [0.05, 0.1) is 37.8 Å². The second kappa shape index (κ2) is 7.03. The van der Waals surface area contributed by atoms with Gasteiger partial charge < -0.3 is 14.6 Å². The summed E-state index contributed by atoms with van der Waals surface area (Å²) in [5.74, 6) is 1.59. The van der Waals surface area contributed by atoms with Gasteiger partial charge in [-0.3, -0.25) is 15.0 Å². The van der Waals surface area contributed by atoms with Crippen LogP contribution in [0.4, 0.5) is 0 Å². The molecule has 2 aliphatic rings. The Labute approximate surface area is 152 Å². The molecular weight excluding hydrogens is 330 g/mol. The molecule has 1 N–H and O–H groups in total. The first-order valence-corrected chi connectivity index (χ1v) is 9.08. The Bertz CT molecular complexity index is 823. The number of aliphatic hydroxyl groups is 1. The highest BCUT2D eigenvalue weighted by Crippen LogP contribution is 2.44. The number of ether oxygens (including phenoxy) is 2. The molecule has 0 radical (unpaired) electrons. The van der Waals surface area contributed by atoms with Crippen LogP contribution in [-0.4, -0.2) is 46.6 Å². The van der Waals surface area contributed by atoms with Gasteiger partial charge in [-0.15, -0.1) is 0 Å². The minimum Gasteiger partial charge on any atom is -0.493 e. The molecule has 1 aromatic heterocycles. The number of nitrogens with zero attached hydrogens (tertiary/aromatic N) is 3. The summed E-state index contributed by atoms with van der Waals surface area (Å²) >= 11 is 0. The van der Waals surface area contributed by atoms with Crippen LogP contribution in [-0.2, 0) is 0 Å². The number of methoxy groups -OCH3 is 1. The molecule has 6 nitrogen and oxygen atoms in total. The molecule has 0 amide bonds. The molecular formula is C20H23N3O3. The lowest BCUT2D eigenvalue weighted by Crippen LogP contribution is -2.34. The van der Waals surface area contributed by atoms with Crippen LogP contribution in [0.15, 0.2) is 35.7 Å². The first-order valence-electron chi connectivity index (χ1n) is 9.08. The largest absolute Gasteiger partial charge is 0.493 e. The van der Waals surface area contributed by atoms with Crippen LogP contribution in [0.25, 0.3) is 0 Å². The Kier molecular flexibility index (Phi) is 4.59. The summed E-state index contributed by atoms with van der Waals surface area (Å²) in [5.41, 5.74) is 3.73. The molecule has 1 aromatic carbocycles. The molecule has 6 heteroatoms. The van der Waals surface area contributed by atoms with Crippen molar-refractivity contribution in [1.82, 2.24) is 9.97 Å². The number of aliphatic imine (C=N–C) groups is 1. The summed E-state index contributed by atoms with van der Waals surface area (Å²) in [6.07, 6.45) is 7.16. The highest BCUT2D eigenvalue weighted by atomic mass is 16.5. The molecule has 0 unspecified atom stereocenters. The minimum atomic E-state index is -0.282. The second-order valence-electron chi connectivity index (χ2n) is 6.73. The van der Waals surface area contributed by atoms with Crippen molar-refractivity contribution in [3.8, 4) is 11.5 Å². The predicted molar refractivity (Wildman–Crippen MR) is 98.2 cm³/mol. The molecule has 1 aliphatic heterocycles. The molecule has 2 heterocycles. The first kappa shape index (κ1) is 17.0. The zero-order chi connectivity index (χ0) is 18.1. The number of hydrogen-bond donors (Lipinski definition) is 1. The molecule has 0 saturated heterocycles. The van der Waals surface area contributed by atoms with Crippen molar-refractivity contribution in [2.75, 3.05) is 13.7 Å². The lowest BCUT2D eigenvalue weighted by Gasteiger charge is -2.37. The summed E-state index contributed by atoms with van der Waals surface area (Å²) in [5, 5.41) is 10.2. The van der Waals surface area contributed by atoms with E-state index in [9.17, 15) is 5.11 Å². The lowest BCUT2D eigenvalue weighted by molar-refractivity contribution is 0.111. The van der Waals surface area contributed by atoms with Gasteiger partial charge >= 0.3 is 0 Å². The van der Waals surface area contributed by atoms with Crippen molar-refractivity contribution in [3.05, 3.63) is 47.5 Å². The van der Waals surface area contributed by atoms with Crippen molar-refractivity contribution < 1.29 is 14.6 Å². The van der Waals surface area contributed by atoms with Gasteiger partial charge in [-0.2, -0.15) is 0 Å². The fourth-order valence-corrected chi connectivity index (χ4v) is 4.00. The number of aliphatic hydroxyl groups excluding tert-OH is 1. The van der Waals surface area contributed by atoms with Gasteiger partial charge in [-0.05, 0) is 43.9 Å². The van der Waals surface area contributed by atoms with Crippen molar-refractivity contribution >= 4 is 5.71 Å². The maximum absolute atomic E-state index is 10.2. The van der Waals surface area contributed by atoms with Gasteiger partial charge in [0.25, 0.3) is 0 Å². The van der Waals surface area contributed by atoms with E-state index < -0.39 is 0 Å². The SMILES string of the molecule is CCOc1cc2c(cc1OC)C(c1cnccn1)=N[C@@H]1CC[C@@H](O)C[C@H]21. The summed E-state index contributed by atoms with van der Waals surface area (Å²) in [7, 11) is 1.64.